The third-order valence-corrected chi connectivity index (χ3v) is 2.78. The number of rotatable bonds is 5. The fourth-order valence-corrected chi connectivity index (χ4v) is 1.90. The van der Waals surface area contributed by atoms with Crippen molar-refractivity contribution >= 4 is 17.4 Å². The molecular formula is C13H16ClFO. The fraction of sp³-hybridized carbons (Fsp3) is 0.462. The predicted molar refractivity (Wildman–Crippen MR) is 64.4 cm³/mol. The van der Waals surface area contributed by atoms with Gasteiger partial charge in [0.25, 0.3) is 0 Å². The van der Waals surface area contributed by atoms with Crippen LogP contribution in [0.2, 0.25) is 5.02 Å². The zero-order chi connectivity index (χ0) is 12.1. The van der Waals surface area contributed by atoms with Gasteiger partial charge in [0.05, 0.1) is 5.56 Å². The number of carbonyl (C=O) groups is 1. The Labute approximate surface area is 101 Å². The molecule has 1 unspecified atom stereocenters. The van der Waals surface area contributed by atoms with Crippen LogP contribution in [0.25, 0.3) is 0 Å². The summed E-state index contributed by atoms with van der Waals surface area (Å²) in [5.74, 6) is -0.366. The van der Waals surface area contributed by atoms with Gasteiger partial charge in [-0.25, -0.2) is 4.39 Å². The van der Waals surface area contributed by atoms with Gasteiger partial charge in [-0.2, -0.15) is 0 Å². The summed E-state index contributed by atoms with van der Waals surface area (Å²) in [6.45, 7) is 4.07. The summed E-state index contributed by atoms with van der Waals surface area (Å²) < 4.78 is 13.4. The minimum atomic E-state index is -0.488. The molecule has 1 nitrogen and oxygen atoms in total. The lowest BCUT2D eigenvalue weighted by Crippen LogP contribution is -2.08. The van der Waals surface area contributed by atoms with Crippen LogP contribution in [0.5, 0.6) is 0 Å². The lowest BCUT2D eigenvalue weighted by molar-refractivity contribution is 0.0958. The highest BCUT2D eigenvalue weighted by Gasteiger charge is 2.15. The van der Waals surface area contributed by atoms with E-state index in [1.54, 1.807) is 0 Å². The van der Waals surface area contributed by atoms with Gasteiger partial charge in [-0.1, -0.05) is 38.3 Å². The molecule has 0 aromatic heterocycles. The van der Waals surface area contributed by atoms with Crippen molar-refractivity contribution in [2.45, 2.75) is 33.1 Å². The van der Waals surface area contributed by atoms with Crippen LogP contribution in [0, 0.1) is 11.7 Å². The van der Waals surface area contributed by atoms with E-state index in [4.69, 9.17) is 11.6 Å². The first-order valence-electron chi connectivity index (χ1n) is 5.52. The number of Topliss-reactive ketones (excluding diaryl/α,β-unsaturated/α-hetero) is 1. The molecule has 0 aliphatic rings. The van der Waals surface area contributed by atoms with Crippen molar-refractivity contribution in [2.75, 3.05) is 0 Å². The standard InChI is InChI=1S/C13H16ClFO/c1-3-4-9(2)7-13(16)11-8-10(14)5-6-12(11)15/h5-6,8-9H,3-4,7H2,1-2H3. The van der Waals surface area contributed by atoms with Gasteiger partial charge in [-0.15, -0.1) is 0 Å². The van der Waals surface area contributed by atoms with Crippen molar-refractivity contribution in [1.29, 1.82) is 0 Å². The molecule has 1 aromatic carbocycles. The summed E-state index contributed by atoms with van der Waals surface area (Å²) in [4.78, 5) is 11.8. The molecule has 0 saturated heterocycles. The van der Waals surface area contributed by atoms with Gasteiger partial charge >= 0.3 is 0 Å². The summed E-state index contributed by atoms with van der Waals surface area (Å²) in [5, 5.41) is 0.396. The monoisotopic (exact) mass is 242 g/mol. The average Bonchev–Trinajstić information content (AvgIpc) is 2.21. The van der Waals surface area contributed by atoms with Crippen molar-refractivity contribution in [3.05, 3.63) is 34.6 Å². The summed E-state index contributed by atoms with van der Waals surface area (Å²) in [7, 11) is 0. The second-order valence-corrected chi connectivity index (χ2v) is 4.58. The number of ketones is 1. The third kappa shape index (κ3) is 3.60. The van der Waals surface area contributed by atoms with E-state index < -0.39 is 5.82 Å². The third-order valence-electron chi connectivity index (χ3n) is 2.54. The van der Waals surface area contributed by atoms with Gasteiger partial charge in [0.2, 0.25) is 0 Å². The van der Waals surface area contributed by atoms with Crippen LogP contribution < -0.4 is 0 Å². The number of hydrogen-bond acceptors (Lipinski definition) is 1. The quantitative estimate of drug-likeness (QED) is 0.696. The van der Waals surface area contributed by atoms with Gasteiger partial charge < -0.3 is 0 Å². The Kier molecular flexibility index (Phi) is 4.94. The first kappa shape index (κ1) is 13.2. The van der Waals surface area contributed by atoms with Crippen LogP contribution in [0.15, 0.2) is 18.2 Å². The number of halogens is 2. The van der Waals surface area contributed by atoms with E-state index in [9.17, 15) is 9.18 Å². The largest absolute Gasteiger partial charge is 0.294 e. The average molecular weight is 243 g/mol. The lowest BCUT2D eigenvalue weighted by Gasteiger charge is -2.09. The van der Waals surface area contributed by atoms with Gasteiger partial charge in [-0.3, -0.25) is 4.79 Å². The van der Waals surface area contributed by atoms with E-state index in [2.05, 4.69) is 6.92 Å². The zero-order valence-corrected chi connectivity index (χ0v) is 10.4. The maximum Gasteiger partial charge on any atom is 0.166 e. The summed E-state index contributed by atoms with van der Waals surface area (Å²) in [5.41, 5.74) is 0.107. The molecule has 0 amide bonds. The second kappa shape index (κ2) is 6.00. The maximum atomic E-state index is 13.4. The van der Waals surface area contributed by atoms with E-state index in [0.29, 0.717) is 11.4 Å². The maximum absolute atomic E-state index is 13.4. The molecule has 1 aromatic rings. The van der Waals surface area contributed by atoms with Gasteiger partial charge in [0, 0.05) is 11.4 Å². The molecule has 0 heterocycles. The highest BCUT2D eigenvalue weighted by atomic mass is 35.5. The van der Waals surface area contributed by atoms with Crippen LogP contribution >= 0.6 is 11.6 Å². The number of hydrogen-bond donors (Lipinski definition) is 0. The Bertz CT molecular complexity index is 376. The van der Waals surface area contributed by atoms with Crippen LogP contribution in [-0.4, -0.2) is 5.78 Å². The molecule has 1 rings (SSSR count). The Hall–Kier alpha value is -0.890. The Balaban J connectivity index is 2.76. The van der Waals surface area contributed by atoms with Crippen LogP contribution in [-0.2, 0) is 0 Å². The molecule has 0 N–H and O–H groups in total. The summed E-state index contributed by atoms with van der Waals surface area (Å²) >= 11 is 5.74. The molecule has 16 heavy (non-hydrogen) atoms. The highest BCUT2D eigenvalue weighted by molar-refractivity contribution is 6.31. The molecule has 0 aliphatic carbocycles. The van der Waals surface area contributed by atoms with E-state index in [-0.39, 0.29) is 17.3 Å². The minimum Gasteiger partial charge on any atom is -0.294 e. The molecule has 0 radical (unpaired) electrons. The molecule has 0 spiro atoms. The van der Waals surface area contributed by atoms with Crippen LogP contribution in [0.4, 0.5) is 4.39 Å². The molecule has 0 aliphatic heterocycles. The van der Waals surface area contributed by atoms with Crippen molar-refractivity contribution < 1.29 is 9.18 Å². The lowest BCUT2D eigenvalue weighted by atomic mass is 9.96. The van der Waals surface area contributed by atoms with E-state index in [0.717, 1.165) is 12.8 Å². The van der Waals surface area contributed by atoms with Gasteiger partial charge in [0.15, 0.2) is 5.78 Å². The molecule has 1 atom stereocenters. The fourth-order valence-electron chi connectivity index (χ4n) is 1.73. The summed E-state index contributed by atoms with van der Waals surface area (Å²) in [6, 6.07) is 4.08. The van der Waals surface area contributed by atoms with E-state index in [1.165, 1.54) is 18.2 Å². The van der Waals surface area contributed by atoms with Crippen LogP contribution in [0.3, 0.4) is 0 Å². The van der Waals surface area contributed by atoms with E-state index in [1.807, 2.05) is 6.92 Å². The molecule has 0 saturated carbocycles. The second-order valence-electron chi connectivity index (χ2n) is 4.15. The van der Waals surface area contributed by atoms with Crippen LogP contribution in [0.1, 0.15) is 43.5 Å². The Morgan fingerprint density at radius 2 is 2.19 bits per heavy atom. The van der Waals surface area contributed by atoms with Gasteiger partial charge in [0.1, 0.15) is 5.82 Å². The SMILES string of the molecule is CCCC(C)CC(=O)c1cc(Cl)ccc1F. The highest BCUT2D eigenvalue weighted by Crippen LogP contribution is 2.19. The zero-order valence-electron chi connectivity index (χ0n) is 9.59. The summed E-state index contributed by atoms with van der Waals surface area (Å²) in [6.07, 6.45) is 2.39. The van der Waals surface area contributed by atoms with Crippen molar-refractivity contribution in [1.82, 2.24) is 0 Å². The molecule has 0 bridgehead atoms. The Morgan fingerprint density at radius 3 is 2.81 bits per heavy atom. The van der Waals surface area contributed by atoms with Crippen molar-refractivity contribution in [3.63, 3.8) is 0 Å². The first-order valence-corrected chi connectivity index (χ1v) is 5.90. The van der Waals surface area contributed by atoms with E-state index >= 15 is 0 Å². The number of carbonyl (C=O) groups excluding carboxylic acids is 1. The first-order chi connectivity index (χ1) is 7.54. The molecule has 88 valence electrons. The topological polar surface area (TPSA) is 17.1 Å². The normalized spacial score (nSPS) is 12.5. The van der Waals surface area contributed by atoms with Gasteiger partial charge in [-0.05, 0) is 24.1 Å². The molecular weight excluding hydrogens is 227 g/mol. The smallest absolute Gasteiger partial charge is 0.166 e. The number of benzene rings is 1. The molecule has 3 heteroatoms. The Morgan fingerprint density at radius 1 is 1.50 bits per heavy atom. The van der Waals surface area contributed by atoms with Crippen molar-refractivity contribution in [2.24, 2.45) is 5.92 Å². The minimum absolute atomic E-state index is 0.107. The molecule has 0 fully saturated rings. The predicted octanol–water partition coefficient (Wildman–Crippen LogP) is 4.49. The van der Waals surface area contributed by atoms with Crippen molar-refractivity contribution in [3.8, 4) is 0 Å².